The van der Waals surface area contributed by atoms with Crippen molar-refractivity contribution in [2.45, 2.75) is 0 Å². The third-order valence-corrected chi connectivity index (χ3v) is 8.61. The highest BCUT2D eigenvalue weighted by atomic mass is 16.5. The number of hydrogen-bond acceptors (Lipinski definition) is 2. The summed E-state index contributed by atoms with van der Waals surface area (Å²) in [4.78, 5) is 0. The lowest BCUT2D eigenvalue weighted by Crippen LogP contribution is -2.05. The number of rotatable bonds is 6. The number of aliphatic hydroxyl groups is 1. The quantitative estimate of drug-likeness (QED) is 0.217. The third kappa shape index (κ3) is 4.57. The molecule has 0 aromatic heterocycles. The standard InChI is InChI=1S/C42H30O2/c43-21-22-44-42-39(35-20-18-29-10-2-4-12-31(29)24-35)26-34-14-6-8-16-38(34)41(42)40-27-36(25-33-13-5-7-15-37(33)40)32-19-17-28-9-1-3-11-30(28)23-32/h1-20,23-27,43H,21-22H2. The van der Waals surface area contributed by atoms with Gasteiger partial charge in [-0.15, -0.1) is 0 Å². The second-order valence-electron chi connectivity index (χ2n) is 11.3. The average molecular weight is 567 g/mol. The zero-order valence-electron chi connectivity index (χ0n) is 24.2. The number of benzene rings is 8. The molecule has 2 nitrogen and oxygen atoms in total. The number of aliphatic hydroxyl groups excluding tert-OH is 1. The van der Waals surface area contributed by atoms with E-state index in [1.165, 1.54) is 32.5 Å². The van der Waals surface area contributed by atoms with Crippen molar-refractivity contribution in [3.63, 3.8) is 0 Å². The van der Waals surface area contributed by atoms with E-state index in [0.717, 1.165) is 49.7 Å². The first kappa shape index (κ1) is 26.2. The van der Waals surface area contributed by atoms with E-state index in [9.17, 15) is 5.11 Å². The molecular formula is C42H30O2. The molecule has 44 heavy (non-hydrogen) atoms. The van der Waals surface area contributed by atoms with E-state index in [1.807, 2.05) is 0 Å². The van der Waals surface area contributed by atoms with Gasteiger partial charge in [-0.3, -0.25) is 0 Å². The molecule has 0 radical (unpaired) electrons. The van der Waals surface area contributed by atoms with E-state index in [1.54, 1.807) is 0 Å². The topological polar surface area (TPSA) is 29.5 Å². The Hall–Kier alpha value is -5.44. The van der Waals surface area contributed by atoms with Gasteiger partial charge in [0.1, 0.15) is 12.4 Å². The van der Waals surface area contributed by atoms with Gasteiger partial charge in [0.2, 0.25) is 0 Å². The molecule has 0 fully saturated rings. The lowest BCUT2D eigenvalue weighted by atomic mass is 9.87. The van der Waals surface area contributed by atoms with E-state index in [2.05, 4.69) is 152 Å². The molecule has 0 saturated heterocycles. The number of ether oxygens (including phenoxy) is 1. The second-order valence-corrected chi connectivity index (χ2v) is 11.3. The Morgan fingerprint density at radius 3 is 1.61 bits per heavy atom. The normalized spacial score (nSPS) is 11.5. The fourth-order valence-electron chi connectivity index (χ4n) is 6.52. The van der Waals surface area contributed by atoms with Crippen LogP contribution in [0.15, 0.2) is 152 Å². The summed E-state index contributed by atoms with van der Waals surface area (Å²) >= 11 is 0. The van der Waals surface area contributed by atoms with E-state index < -0.39 is 0 Å². The summed E-state index contributed by atoms with van der Waals surface area (Å²) in [5, 5.41) is 19.3. The number of fused-ring (bicyclic) bond motifs is 4. The summed E-state index contributed by atoms with van der Waals surface area (Å²) in [6.45, 7) is 0.134. The molecule has 0 saturated carbocycles. The molecule has 1 N–H and O–H groups in total. The third-order valence-electron chi connectivity index (χ3n) is 8.61. The van der Waals surface area contributed by atoms with E-state index in [-0.39, 0.29) is 13.2 Å². The predicted octanol–water partition coefficient (Wildman–Crippen LogP) is 10.7. The first-order valence-electron chi connectivity index (χ1n) is 15.1. The summed E-state index contributed by atoms with van der Waals surface area (Å²) in [6, 6.07) is 54.1. The molecule has 0 spiro atoms. The molecule has 0 aliphatic carbocycles. The summed E-state index contributed by atoms with van der Waals surface area (Å²) < 4.78 is 6.55. The van der Waals surface area contributed by atoms with E-state index in [4.69, 9.17) is 4.74 Å². The Balaban J connectivity index is 1.45. The van der Waals surface area contributed by atoms with E-state index in [0.29, 0.717) is 0 Å². The van der Waals surface area contributed by atoms with Gasteiger partial charge in [0.15, 0.2) is 0 Å². The smallest absolute Gasteiger partial charge is 0.135 e. The maximum Gasteiger partial charge on any atom is 0.135 e. The fraction of sp³-hybridized carbons (Fsp3) is 0.0476. The van der Waals surface area contributed by atoms with Crippen LogP contribution in [0, 0.1) is 0 Å². The minimum atomic E-state index is -0.0682. The van der Waals surface area contributed by atoms with Crippen molar-refractivity contribution < 1.29 is 9.84 Å². The molecule has 210 valence electrons. The van der Waals surface area contributed by atoms with E-state index >= 15 is 0 Å². The van der Waals surface area contributed by atoms with Crippen molar-refractivity contribution in [1.82, 2.24) is 0 Å². The van der Waals surface area contributed by atoms with Crippen LogP contribution >= 0.6 is 0 Å². The summed E-state index contributed by atoms with van der Waals surface area (Å²) in [6.07, 6.45) is 0. The molecule has 8 aromatic carbocycles. The molecule has 0 unspecified atom stereocenters. The van der Waals surface area contributed by atoms with Crippen LogP contribution < -0.4 is 4.74 Å². The molecule has 0 aliphatic rings. The summed E-state index contributed by atoms with van der Waals surface area (Å²) in [5.74, 6) is 0.786. The molecule has 0 bridgehead atoms. The second kappa shape index (κ2) is 11.0. The lowest BCUT2D eigenvalue weighted by Gasteiger charge is -2.21. The van der Waals surface area contributed by atoms with Gasteiger partial charge in [0.25, 0.3) is 0 Å². The van der Waals surface area contributed by atoms with Gasteiger partial charge < -0.3 is 9.84 Å². The van der Waals surface area contributed by atoms with Gasteiger partial charge in [-0.2, -0.15) is 0 Å². The monoisotopic (exact) mass is 566 g/mol. The average Bonchev–Trinajstić information content (AvgIpc) is 3.09. The van der Waals surface area contributed by atoms with Crippen LogP contribution in [-0.4, -0.2) is 18.3 Å². The zero-order chi connectivity index (χ0) is 29.5. The predicted molar refractivity (Wildman–Crippen MR) is 185 cm³/mol. The molecule has 8 aromatic rings. The Labute approximate surface area is 256 Å². The Morgan fingerprint density at radius 2 is 0.932 bits per heavy atom. The van der Waals surface area contributed by atoms with Crippen molar-refractivity contribution in [2.75, 3.05) is 13.2 Å². The van der Waals surface area contributed by atoms with Crippen LogP contribution in [0.3, 0.4) is 0 Å². The largest absolute Gasteiger partial charge is 0.490 e. The maximum absolute atomic E-state index is 9.93. The Kier molecular flexibility index (Phi) is 6.55. The minimum absolute atomic E-state index is 0.0682. The first-order chi connectivity index (χ1) is 21.8. The van der Waals surface area contributed by atoms with Crippen LogP contribution in [0.2, 0.25) is 0 Å². The molecule has 0 aliphatic heterocycles. The van der Waals surface area contributed by atoms with Gasteiger partial charge in [0, 0.05) is 11.1 Å². The van der Waals surface area contributed by atoms with Crippen LogP contribution in [0.4, 0.5) is 0 Å². The highest BCUT2D eigenvalue weighted by Gasteiger charge is 2.21. The van der Waals surface area contributed by atoms with Crippen LogP contribution in [-0.2, 0) is 0 Å². The SMILES string of the molecule is OCCOc1c(-c2ccc3ccccc3c2)cc2ccccc2c1-c1cc(-c2ccc3ccccc3c2)cc2ccccc12. The highest BCUT2D eigenvalue weighted by Crippen LogP contribution is 2.48. The molecular weight excluding hydrogens is 536 g/mol. The minimum Gasteiger partial charge on any atom is -0.490 e. The highest BCUT2D eigenvalue weighted by molar-refractivity contribution is 6.12. The maximum atomic E-state index is 9.93. The van der Waals surface area contributed by atoms with Crippen LogP contribution in [0.5, 0.6) is 5.75 Å². The van der Waals surface area contributed by atoms with Gasteiger partial charge >= 0.3 is 0 Å². The molecule has 2 heteroatoms. The fourth-order valence-corrected chi connectivity index (χ4v) is 6.52. The van der Waals surface area contributed by atoms with Gasteiger partial charge in [0.05, 0.1) is 6.61 Å². The Morgan fingerprint density at radius 1 is 0.409 bits per heavy atom. The van der Waals surface area contributed by atoms with Crippen LogP contribution in [0.1, 0.15) is 0 Å². The molecule has 0 heterocycles. The van der Waals surface area contributed by atoms with Gasteiger partial charge in [-0.25, -0.2) is 0 Å². The molecule has 8 rings (SSSR count). The van der Waals surface area contributed by atoms with Gasteiger partial charge in [-0.05, 0) is 95.7 Å². The zero-order valence-corrected chi connectivity index (χ0v) is 24.2. The number of hydrogen-bond donors (Lipinski definition) is 1. The molecule has 0 amide bonds. The van der Waals surface area contributed by atoms with Crippen molar-refractivity contribution in [1.29, 1.82) is 0 Å². The van der Waals surface area contributed by atoms with Crippen molar-refractivity contribution in [2.24, 2.45) is 0 Å². The van der Waals surface area contributed by atoms with Crippen LogP contribution in [0.25, 0.3) is 76.5 Å². The van der Waals surface area contributed by atoms with Crippen molar-refractivity contribution in [3.05, 3.63) is 152 Å². The first-order valence-corrected chi connectivity index (χ1v) is 15.1. The van der Waals surface area contributed by atoms with Gasteiger partial charge in [-0.1, -0.05) is 121 Å². The molecule has 0 atom stereocenters. The summed E-state index contributed by atoms with van der Waals surface area (Å²) in [7, 11) is 0. The Bertz CT molecular complexity index is 2330. The van der Waals surface area contributed by atoms with Crippen molar-refractivity contribution in [3.8, 4) is 39.1 Å². The lowest BCUT2D eigenvalue weighted by molar-refractivity contribution is 0.202. The summed E-state index contributed by atoms with van der Waals surface area (Å²) in [5.41, 5.74) is 6.56. The van der Waals surface area contributed by atoms with Crippen molar-refractivity contribution >= 4 is 43.1 Å².